The van der Waals surface area contributed by atoms with Gasteiger partial charge < -0.3 is 9.84 Å². The van der Waals surface area contributed by atoms with Crippen molar-refractivity contribution in [3.05, 3.63) is 28.3 Å². The van der Waals surface area contributed by atoms with Gasteiger partial charge in [-0.05, 0) is 20.8 Å². The molecule has 0 bridgehead atoms. The zero-order valence-electron chi connectivity index (χ0n) is 10.5. The van der Waals surface area contributed by atoms with Crippen LogP contribution in [-0.4, -0.2) is 26.7 Å². The van der Waals surface area contributed by atoms with E-state index in [1.54, 1.807) is 13.8 Å². The largest absolute Gasteiger partial charge is 0.369 e. The van der Waals surface area contributed by atoms with Crippen LogP contribution in [-0.2, 0) is 6.42 Å². The summed E-state index contributed by atoms with van der Waals surface area (Å²) in [5, 5.41) is 7.39. The first kappa shape index (κ1) is 12.8. The molecule has 0 unspecified atom stereocenters. The number of nitrogens with zero attached hydrogens (tertiary/aromatic N) is 4. The van der Waals surface area contributed by atoms with E-state index in [4.69, 9.17) is 16.1 Å². The second-order valence-corrected chi connectivity index (χ2v) is 4.31. The van der Waals surface area contributed by atoms with Crippen molar-refractivity contribution < 1.29 is 4.52 Å². The van der Waals surface area contributed by atoms with Gasteiger partial charge in [-0.3, -0.25) is 0 Å². The average molecular weight is 268 g/mol. The fourth-order valence-electron chi connectivity index (χ4n) is 1.50. The number of anilines is 1. The average Bonchev–Trinajstić information content (AvgIpc) is 2.71. The van der Waals surface area contributed by atoms with Gasteiger partial charge in [0, 0.05) is 18.5 Å². The van der Waals surface area contributed by atoms with Crippen LogP contribution in [0.1, 0.15) is 23.1 Å². The molecular formula is C11H14ClN5O. The van der Waals surface area contributed by atoms with Crippen LogP contribution in [0.4, 0.5) is 5.82 Å². The van der Waals surface area contributed by atoms with E-state index < -0.39 is 0 Å². The number of aryl methyl sites for hydroxylation is 2. The third-order valence-corrected chi connectivity index (χ3v) is 2.77. The highest BCUT2D eigenvalue weighted by molar-refractivity contribution is 6.30. The number of rotatable bonds is 4. The van der Waals surface area contributed by atoms with E-state index >= 15 is 0 Å². The zero-order valence-corrected chi connectivity index (χ0v) is 11.2. The highest BCUT2D eigenvalue weighted by Gasteiger charge is 2.08. The van der Waals surface area contributed by atoms with Crippen LogP contribution in [0.2, 0.25) is 5.15 Å². The molecule has 0 aliphatic carbocycles. The summed E-state index contributed by atoms with van der Waals surface area (Å²) in [6.07, 6.45) is 0.640. The lowest BCUT2D eigenvalue weighted by atomic mass is 10.3. The zero-order chi connectivity index (χ0) is 13.1. The molecule has 0 aliphatic heterocycles. The fraction of sp³-hybridized carbons (Fsp3) is 0.455. The Kier molecular flexibility index (Phi) is 3.76. The Balaban J connectivity index is 1.98. The van der Waals surface area contributed by atoms with Crippen molar-refractivity contribution in [3.8, 4) is 0 Å². The maximum atomic E-state index is 5.99. The van der Waals surface area contributed by atoms with Gasteiger partial charge in [-0.2, -0.15) is 4.98 Å². The molecule has 18 heavy (non-hydrogen) atoms. The van der Waals surface area contributed by atoms with Crippen LogP contribution >= 0.6 is 11.6 Å². The molecular weight excluding hydrogens is 254 g/mol. The standard InChI is InChI=1S/C11H14ClN5O/c1-6-10(12)15-7(2)16-11(6)13-5-4-9-14-8(3)17-18-9/h4-5H2,1-3H3,(H,13,15,16). The normalized spacial score (nSPS) is 10.7. The summed E-state index contributed by atoms with van der Waals surface area (Å²) >= 11 is 5.99. The smallest absolute Gasteiger partial charge is 0.228 e. The first-order valence-corrected chi connectivity index (χ1v) is 5.98. The van der Waals surface area contributed by atoms with Gasteiger partial charge in [0.05, 0.1) is 0 Å². The molecule has 96 valence electrons. The second-order valence-electron chi connectivity index (χ2n) is 3.95. The molecule has 0 radical (unpaired) electrons. The number of hydrogen-bond donors (Lipinski definition) is 1. The third-order valence-electron chi connectivity index (χ3n) is 2.40. The number of hydrogen-bond acceptors (Lipinski definition) is 6. The van der Waals surface area contributed by atoms with Gasteiger partial charge in [0.2, 0.25) is 5.89 Å². The summed E-state index contributed by atoms with van der Waals surface area (Å²) in [5.41, 5.74) is 0.837. The van der Waals surface area contributed by atoms with Gasteiger partial charge >= 0.3 is 0 Å². The lowest BCUT2D eigenvalue weighted by molar-refractivity contribution is 0.377. The molecule has 2 rings (SSSR count). The van der Waals surface area contributed by atoms with Gasteiger partial charge in [-0.25, -0.2) is 9.97 Å². The van der Waals surface area contributed by atoms with Gasteiger partial charge in [0.25, 0.3) is 0 Å². The van der Waals surface area contributed by atoms with Crippen LogP contribution in [0.25, 0.3) is 0 Å². The summed E-state index contributed by atoms with van der Waals surface area (Å²) in [5.74, 6) is 2.63. The molecule has 6 nitrogen and oxygen atoms in total. The Morgan fingerprint density at radius 3 is 2.56 bits per heavy atom. The van der Waals surface area contributed by atoms with Crippen LogP contribution < -0.4 is 5.32 Å². The summed E-state index contributed by atoms with van der Waals surface area (Å²) < 4.78 is 5.02. The summed E-state index contributed by atoms with van der Waals surface area (Å²) in [7, 11) is 0. The monoisotopic (exact) mass is 267 g/mol. The van der Waals surface area contributed by atoms with E-state index in [0.717, 1.165) is 11.4 Å². The lowest BCUT2D eigenvalue weighted by Gasteiger charge is -2.08. The fourth-order valence-corrected chi connectivity index (χ4v) is 1.71. The van der Waals surface area contributed by atoms with Gasteiger partial charge in [0.15, 0.2) is 5.82 Å². The highest BCUT2D eigenvalue weighted by atomic mass is 35.5. The quantitative estimate of drug-likeness (QED) is 0.855. The molecule has 7 heteroatoms. The van der Waals surface area contributed by atoms with Crippen LogP contribution in [0.5, 0.6) is 0 Å². The van der Waals surface area contributed by atoms with Crippen molar-refractivity contribution in [1.82, 2.24) is 20.1 Å². The van der Waals surface area contributed by atoms with E-state index in [1.165, 1.54) is 0 Å². The number of halogens is 1. The first-order chi connectivity index (χ1) is 8.56. The van der Waals surface area contributed by atoms with Crippen LogP contribution in [0.15, 0.2) is 4.52 Å². The van der Waals surface area contributed by atoms with E-state index in [0.29, 0.717) is 35.7 Å². The number of nitrogens with one attached hydrogen (secondary N) is 1. The minimum Gasteiger partial charge on any atom is -0.369 e. The van der Waals surface area contributed by atoms with Crippen molar-refractivity contribution in [2.45, 2.75) is 27.2 Å². The molecule has 0 aromatic carbocycles. The Morgan fingerprint density at radius 1 is 1.11 bits per heavy atom. The Morgan fingerprint density at radius 2 is 1.89 bits per heavy atom. The summed E-state index contributed by atoms with van der Waals surface area (Å²) in [6, 6.07) is 0. The van der Waals surface area contributed by atoms with E-state index in [1.807, 2.05) is 6.92 Å². The maximum Gasteiger partial charge on any atom is 0.228 e. The van der Waals surface area contributed by atoms with Gasteiger partial charge in [-0.1, -0.05) is 16.8 Å². The molecule has 0 saturated carbocycles. The van der Waals surface area contributed by atoms with Crippen LogP contribution in [0.3, 0.4) is 0 Å². The predicted octanol–water partition coefficient (Wildman–Crippen LogP) is 2.09. The van der Waals surface area contributed by atoms with E-state index in [-0.39, 0.29) is 0 Å². The molecule has 1 N–H and O–H groups in total. The molecule has 0 aliphatic rings. The van der Waals surface area contributed by atoms with E-state index in [2.05, 4.69) is 25.4 Å². The van der Waals surface area contributed by atoms with Crippen molar-refractivity contribution in [2.75, 3.05) is 11.9 Å². The molecule has 2 aromatic rings. The second kappa shape index (κ2) is 5.30. The Hall–Kier alpha value is -1.69. The lowest BCUT2D eigenvalue weighted by Crippen LogP contribution is -2.09. The predicted molar refractivity (Wildman–Crippen MR) is 67.7 cm³/mol. The van der Waals surface area contributed by atoms with Crippen molar-refractivity contribution >= 4 is 17.4 Å². The van der Waals surface area contributed by atoms with E-state index in [9.17, 15) is 0 Å². The molecule has 0 fully saturated rings. The SMILES string of the molecule is Cc1noc(CCNc2nc(C)nc(Cl)c2C)n1. The molecule has 2 heterocycles. The Labute approximate surface area is 110 Å². The van der Waals surface area contributed by atoms with Gasteiger partial charge in [0.1, 0.15) is 16.8 Å². The van der Waals surface area contributed by atoms with Crippen molar-refractivity contribution in [2.24, 2.45) is 0 Å². The first-order valence-electron chi connectivity index (χ1n) is 5.60. The molecule has 2 aromatic heterocycles. The van der Waals surface area contributed by atoms with Crippen LogP contribution in [0, 0.1) is 20.8 Å². The third kappa shape index (κ3) is 2.95. The number of aromatic nitrogens is 4. The van der Waals surface area contributed by atoms with Crippen molar-refractivity contribution in [1.29, 1.82) is 0 Å². The van der Waals surface area contributed by atoms with Gasteiger partial charge in [-0.15, -0.1) is 0 Å². The maximum absolute atomic E-state index is 5.99. The minimum atomic E-state index is 0.471. The highest BCUT2D eigenvalue weighted by Crippen LogP contribution is 2.19. The van der Waals surface area contributed by atoms with Crippen molar-refractivity contribution in [3.63, 3.8) is 0 Å². The topological polar surface area (TPSA) is 76.7 Å². The molecule has 0 saturated heterocycles. The molecule has 0 atom stereocenters. The Bertz CT molecular complexity index is 554. The molecule has 0 spiro atoms. The minimum absolute atomic E-state index is 0.471. The molecule has 0 amide bonds. The summed E-state index contributed by atoms with van der Waals surface area (Å²) in [6.45, 7) is 6.12. The summed E-state index contributed by atoms with van der Waals surface area (Å²) in [4.78, 5) is 12.5.